The Labute approximate surface area is 139 Å². The molecule has 1 heterocycles. The molecule has 0 aliphatic carbocycles. The van der Waals surface area contributed by atoms with E-state index in [0.29, 0.717) is 17.9 Å². The minimum Gasteiger partial charge on any atom is -0.457 e. The van der Waals surface area contributed by atoms with E-state index in [0.717, 1.165) is 25.2 Å². The lowest BCUT2D eigenvalue weighted by molar-refractivity contribution is 0.0656. The van der Waals surface area contributed by atoms with E-state index in [-0.39, 0.29) is 17.7 Å². The molecule has 1 unspecified atom stereocenters. The number of halogens is 2. The van der Waals surface area contributed by atoms with E-state index in [4.69, 9.17) is 4.74 Å². The fourth-order valence-electron chi connectivity index (χ4n) is 2.65. The van der Waals surface area contributed by atoms with Gasteiger partial charge < -0.3 is 15.0 Å². The van der Waals surface area contributed by atoms with Crippen LogP contribution in [0.3, 0.4) is 0 Å². The van der Waals surface area contributed by atoms with Crippen LogP contribution in [0.4, 0.5) is 8.78 Å². The van der Waals surface area contributed by atoms with Crippen LogP contribution in [0.5, 0.6) is 11.5 Å². The number of carbonyl (C=O) groups is 1. The average molecular weight is 332 g/mol. The Morgan fingerprint density at radius 1 is 1.12 bits per heavy atom. The van der Waals surface area contributed by atoms with Crippen LogP contribution in [0.2, 0.25) is 0 Å². The molecule has 4 nitrogen and oxygen atoms in total. The van der Waals surface area contributed by atoms with E-state index in [1.54, 1.807) is 24.3 Å². The standard InChI is InChI=1S/C18H18F2N2O2/c1-12-11-21-8-9-22(12)18(23)13-2-4-14(5-3-13)24-15-6-7-16(19)17(20)10-15/h2-7,10,12,21H,8-9,11H2,1H3. The van der Waals surface area contributed by atoms with Gasteiger partial charge in [0.25, 0.3) is 5.91 Å². The van der Waals surface area contributed by atoms with Crippen molar-refractivity contribution in [2.24, 2.45) is 0 Å². The number of carbonyl (C=O) groups excluding carboxylic acids is 1. The highest BCUT2D eigenvalue weighted by atomic mass is 19.2. The zero-order valence-electron chi connectivity index (χ0n) is 13.3. The van der Waals surface area contributed by atoms with Gasteiger partial charge in [-0.25, -0.2) is 8.78 Å². The molecule has 1 aliphatic rings. The first-order chi connectivity index (χ1) is 11.5. The fourth-order valence-corrected chi connectivity index (χ4v) is 2.65. The highest BCUT2D eigenvalue weighted by Crippen LogP contribution is 2.24. The summed E-state index contributed by atoms with van der Waals surface area (Å²) in [5, 5.41) is 3.24. The molecule has 2 aromatic carbocycles. The Kier molecular flexibility index (Phi) is 4.76. The molecule has 3 rings (SSSR count). The molecule has 24 heavy (non-hydrogen) atoms. The first-order valence-corrected chi connectivity index (χ1v) is 7.79. The SMILES string of the molecule is CC1CNCCN1C(=O)c1ccc(Oc2ccc(F)c(F)c2)cc1. The molecular formula is C18H18F2N2O2. The van der Waals surface area contributed by atoms with E-state index >= 15 is 0 Å². The van der Waals surface area contributed by atoms with Crippen molar-refractivity contribution < 1.29 is 18.3 Å². The van der Waals surface area contributed by atoms with Crippen LogP contribution in [0, 0.1) is 11.6 Å². The van der Waals surface area contributed by atoms with Crippen molar-refractivity contribution in [3.63, 3.8) is 0 Å². The van der Waals surface area contributed by atoms with Crippen molar-refractivity contribution in [1.82, 2.24) is 10.2 Å². The van der Waals surface area contributed by atoms with Crippen molar-refractivity contribution in [3.05, 3.63) is 59.7 Å². The molecule has 2 aromatic rings. The number of nitrogens with one attached hydrogen (secondary N) is 1. The number of ether oxygens (including phenoxy) is 1. The lowest BCUT2D eigenvalue weighted by atomic mass is 10.1. The maximum absolute atomic E-state index is 13.2. The van der Waals surface area contributed by atoms with Crippen LogP contribution in [-0.2, 0) is 0 Å². The smallest absolute Gasteiger partial charge is 0.254 e. The molecule has 0 spiro atoms. The molecule has 1 atom stereocenters. The summed E-state index contributed by atoms with van der Waals surface area (Å²) in [6.45, 7) is 4.24. The van der Waals surface area contributed by atoms with Crippen molar-refractivity contribution >= 4 is 5.91 Å². The number of amides is 1. The number of piperazine rings is 1. The summed E-state index contributed by atoms with van der Waals surface area (Å²) in [5.41, 5.74) is 0.571. The number of hydrogen-bond donors (Lipinski definition) is 1. The van der Waals surface area contributed by atoms with Gasteiger partial charge in [0.05, 0.1) is 0 Å². The molecule has 1 N–H and O–H groups in total. The van der Waals surface area contributed by atoms with Gasteiger partial charge in [0.2, 0.25) is 0 Å². The van der Waals surface area contributed by atoms with Crippen molar-refractivity contribution in [2.45, 2.75) is 13.0 Å². The van der Waals surface area contributed by atoms with Gasteiger partial charge in [-0.3, -0.25) is 4.79 Å². The van der Waals surface area contributed by atoms with E-state index in [1.807, 2.05) is 11.8 Å². The van der Waals surface area contributed by atoms with Crippen molar-refractivity contribution in [3.8, 4) is 11.5 Å². The first kappa shape index (κ1) is 16.4. The lowest BCUT2D eigenvalue weighted by Crippen LogP contribution is -2.52. The van der Waals surface area contributed by atoms with Crippen molar-refractivity contribution in [2.75, 3.05) is 19.6 Å². The summed E-state index contributed by atoms with van der Waals surface area (Å²) < 4.78 is 31.6. The van der Waals surface area contributed by atoms with Crippen LogP contribution in [0.15, 0.2) is 42.5 Å². The fraction of sp³-hybridized carbons (Fsp3) is 0.278. The molecule has 0 saturated carbocycles. The second kappa shape index (κ2) is 6.97. The summed E-state index contributed by atoms with van der Waals surface area (Å²) in [6.07, 6.45) is 0. The number of hydrogen-bond acceptors (Lipinski definition) is 3. The Morgan fingerprint density at radius 2 is 1.83 bits per heavy atom. The Balaban J connectivity index is 1.70. The highest BCUT2D eigenvalue weighted by Gasteiger charge is 2.23. The van der Waals surface area contributed by atoms with Gasteiger partial charge in [0.15, 0.2) is 11.6 Å². The van der Waals surface area contributed by atoms with E-state index in [2.05, 4.69) is 5.32 Å². The summed E-state index contributed by atoms with van der Waals surface area (Å²) in [4.78, 5) is 14.4. The minimum atomic E-state index is -0.966. The molecule has 1 saturated heterocycles. The van der Waals surface area contributed by atoms with Crippen LogP contribution in [-0.4, -0.2) is 36.5 Å². The van der Waals surface area contributed by atoms with Crippen LogP contribution in [0.1, 0.15) is 17.3 Å². The normalized spacial score (nSPS) is 17.6. The van der Waals surface area contributed by atoms with Crippen LogP contribution < -0.4 is 10.1 Å². The van der Waals surface area contributed by atoms with Gasteiger partial charge >= 0.3 is 0 Å². The summed E-state index contributed by atoms with van der Waals surface area (Å²) in [7, 11) is 0. The number of rotatable bonds is 3. The molecule has 1 amide bonds. The van der Waals surface area contributed by atoms with Gasteiger partial charge in [-0.05, 0) is 43.3 Å². The number of benzene rings is 2. The van der Waals surface area contributed by atoms with Crippen molar-refractivity contribution in [1.29, 1.82) is 0 Å². The van der Waals surface area contributed by atoms with E-state index in [9.17, 15) is 13.6 Å². The van der Waals surface area contributed by atoms with Gasteiger partial charge in [0, 0.05) is 37.3 Å². The Bertz CT molecular complexity index is 734. The van der Waals surface area contributed by atoms with Gasteiger partial charge in [-0.1, -0.05) is 0 Å². The maximum Gasteiger partial charge on any atom is 0.254 e. The summed E-state index contributed by atoms with van der Waals surface area (Å²) in [5.74, 6) is -1.27. The van der Waals surface area contributed by atoms with Gasteiger partial charge in [-0.15, -0.1) is 0 Å². The third-order valence-electron chi connectivity index (χ3n) is 3.99. The minimum absolute atomic E-state index is 0.0247. The van der Waals surface area contributed by atoms with E-state index < -0.39 is 11.6 Å². The van der Waals surface area contributed by atoms with E-state index in [1.165, 1.54) is 6.07 Å². The number of nitrogens with zero attached hydrogens (tertiary/aromatic N) is 1. The molecule has 1 aliphatic heterocycles. The predicted molar refractivity (Wildman–Crippen MR) is 86.2 cm³/mol. The lowest BCUT2D eigenvalue weighted by Gasteiger charge is -2.34. The monoisotopic (exact) mass is 332 g/mol. The quantitative estimate of drug-likeness (QED) is 0.938. The third kappa shape index (κ3) is 3.54. The molecule has 126 valence electrons. The largest absolute Gasteiger partial charge is 0.457 e. The molecule has 6 heteroatoms. The molecular weight excluding hydrogens is 314 g/mol. The Hall–Kier alpha value is -2.47. The zero-order valence-corrected chi connectivity index (χ0v) is 13.3. The molecule has 0 aromatic heterocycles. The van der Waals surface area contributed by atoms with Crippen LogP contribution >= 0.6 is 0 Å². The summed E-state index contributed by atoms with van der Waals surface area (Å²) >= 11 is 0. The van der Waals surface area contributed by atoms with Crippen LogP contribution in [0.25, 0.3) is 0 Å². The molecule has 1 fully saturated rings. The second-order valence-electron chi connectivity index (χ2n) is 5.75. The first-order valence-electron chi connectivity index (χ1n) is 7.79. The average Bonchev–Trinajstić information content (AvgIpc) is 2.59. The Morgan fingerprint density at radius 3 is 2.50 bits per heavy atom. The third-order valence-corrected chi connectivity index (χ3v) is 3.99. The molecule has 0 radical (unpaired) electrons. The van der Waals surface area contributed by atoms with Gasteiger partial charge in [0.1, 0.15) is 11.5 Å². The highest BCUT2D eigenvalue weighted by molar-refractivity contribution is 5.94. The topological polar surface area (TPSA) is 41.6 Å². The maximum atomic E-state index is 13.2. The van der Waals surface area contributed by atoms with Gasteiger partial charge in [-0.2, -0.15) is 0 Å². The second-order valence-corrected chi connectivity index (χ2v) is 5.75. The zero-order chi connectivity index (χ0) is 17.1. The summed E-state index contributed by atoms with van der Waals surface area (Å²) in [6, 6.07) is 10.1. The predicted octanol–water partition coefficient (Wildman–Crippen LogP) is 3.19. The molecule has 0 bridgehead atoms.